The van der Waals surface area contributed by atoms with Crippen molar-refractivity contribution >= 4 is 51.4 Å². The summed E-state index contributed by atoms with van der Waals surface area (Å²) >= 11 is 13.3. The molecule has 134 valence electrons. The normalized spacial score (nSPS) is 10.4. The first kappa shape index (κ1) is 19.6. The Hall–Kier alpha value is -1.76. The lowest BCUT2D eigenvalue weighted by atomic mass is 10.2. The van der Waals surface area contributed by atoms with E-state index in [0.717, 1.165) is 11.3 Å². The van der Waals surface area contributed by atoms with Gasteiger partial charge in [0.2, 0.25) is 0 Å². The fraction of sp³-hybridized carbons (Fsp3) is 0.294. The summed E-state index contributed by atoms with van der Waals surface area (Å²) in [6.07, 6.45) is 0.749. The van der Waals surface area contributed by atoms with Gasteiger partial charge in [-0.2, -0.15) is 0 Å². The van der Waals surface area contributed by atoms with Gasteiger partial charge in [0.05, 0.1) is 22.2 Å². The Morgan fingerprint density at radius 2 is 1.88 bits per heavy atom. The third kappa shape index (κ3) is 5.11. The van der Waals surface area contributed by atoms with Gasteiger partial charge in [-0.25, -0.2) is 4.79 Å². The SMILES string of the molecule is CCOC(=O)c1cc(CC)sc1NC(=O)COc1c(Cl)cccc1Cl. The van der Waals surface area contributed by atoms with Crippen LogP contribution in [0.4, 0.5) is 5.00 Å². The van der Waals surface area contributed by atoms with Crippen molar-refractivity contribution in [2.24, 2.45) is 0 Å². The van der Waals surface area contributed by atoms with Gasteiger partial charge in [0.1, 0.15) is 5.00 Å². The lowest BCUT2D eigenvalue weighted by Crippen LogP contribution is -2.21. The quantitative estimate of drug-likeness (QED) is 0.675. The third-order valence-electron chi connectivity index (χ3n) is 3.15. The van der Waals surface area contributed by atoms with Crippen LogP contribution in [0.5, 0.6) is 5.75 Å². The zero-order chi connectivity index (χ0) is 18.4. The van der Waals surface area contributed by atoms with E-state index in [-0.39, 0.29) is 19.0 Å². The van der Waals surface area contributed by atoms with Gasteiger partial charge >= 0.3 is 5.97 Å². The molecule has 0 saturated carbocycles. The monoisotopic (exact) mass is 401 g/mol. The molecule has 0 bridgehead atoms. The molecule has 0 saturated heterocycles. The van der Waals surface area contributed by atoms with E-state index in [2.05, 4.69) is 5.32 Å². The highest BCUT2D eigenvalue weighted by molar-refractivity contribution is 7.16. The summed E-state index contributed by atoms with van der Waals surface area (Å²) in [6, 6.07) is 6.64. The van der Waals surface area contributed by atoms with Crippen molar-refractivity contribution in [1.29, 1.82) is 0 Å². The minimum atomic E-state index is -0.469. The molecule has 1 amide bonds. The lowest BCUT2D eigenvalue weighted by Gasteiger charge is -2.10. The van der Waals surface area contributed by atoms with E-state index in [1.54, 1.807) is 31.2 Å². The van der Waals surface area contributed by atoms with E-state index in [1.165, 1.54) is 11.3 Å². The van der Waals surface area contributed by atoms with Crippen LogP contribution in [0, 0.1) is 0 Å². The highest BCUT2D eigenvalue weighted by atomic mass is 35.5. The smallest absolute Gasteiger partial charge is 0.341 e. The zero-order valence-electron chi connectivity index (χ0n) is 13.7. The summed E-state index contributed by atoms with van der Waals surface area (Å²) in [7, 11) is 0. The average Bonchev–Trinajstić information content (AvgIpc) is 2.97. The summed E-state index contributed by atoms with van der Waals surface area (Å²) < 4.78 is 10.4. The zero-order valence-corrected chi connectivity index (χ0v) is 16.1. The van der Waals surface area contributed by atoms with Gasteiger partial charge in [-0.15, -0.1) is 11.3 Å². The number of amides is 1. The van der Waals surface area contributed by atoms with Crippen molar-refractivity contribution in [1.82, 2.24) is 0 Å². The van der Waals surface area contributed by atoms with E-state index in [1.807, 2.05) is 6.92 Å². The third-order valence-corrected chi connectivity index (χ3v) is 4.94. The molecular formula is C17H17Cl2NO4S. The first-order chi connectivity index (χ1) is 12.0. The van der Waals surface area contributed by atoms with Crippen LogP contribution >= 0.6 is 34.5 Å². The maximum Gasteiger partial charge on any atom is 0.341 e. The molecular weight excluding hydrogens is 385 g/mol. The number of aryl methyl sites for hydroxylation is 1. The highest BCUT2D eigenvalue weighted by Gasteiger charge is 2.19. The Balaban J connectivity index is 2.07. The number of nitrogens with one attached hydrogen (secondary N) is 1. The molecule has 8 heteroatoms. The summed E-state index contributed by atoms with van der Waals surface area (Å²) in [5.41, 5.74) is 0.341. The molecule has 1 aromatic heterocycles. The number of ether oxygens (including phenoxy) is 2. The topological polar surface area (TPSA) is 64.6 Å². The number of benzene rings is 1. The van der Waals surface area contributed by atoms with E-state index in [9.17, 15) is 9.59 Å². The van der Waals surface area contributed by atoms with Gasteiger partial charge in [0, 0.05) is 4.88 Å². The second-order valence-corrected chi connectivity index (χ2v) is 6.87. The molecule has 0 aliphatic rings. The molecule has 5 nitrogen and oxygen atoms in total. The molecule has 0 fully saturated rings. The standard InChI is InChI=1S/C17H17Cl2NO4S/c1-3-10-8-11(17(22)23-4-2)16(25-10)20-14(21)9-24-15-12(18)6-5-7-13(15)19/h5-8H,3-4,9H2,1-2H3,(H,20,21). The van der Waals surface area contributed by atoms with Gasteiger partial charge in [0.15, 0.2) is 12.4 Å². The van der Waals surface area contributed by atoms with Crippen LogP contribution in [0.1, 0.15) is 29.1 Å². The van der Waals surface area contributed by atoms with Crippen molar-refractivity contribution < 1.29 is 19.1 Å². The molecule has 0 aliphatic heterocycles. The van der Waals surface area contributed by atoms with Crippen LogP contribution in [0.25, 0.3) is 0 Å². The van der Waals surface area contributed by atoms with Crippen molar-refractivity contribution in [3.63, 3.8) is 0 Å². The number of anilines is 1. The molecule has 2 aromatic rings. The van der Waals surface area contributed by atoms with E-state index >= 15 is 0 Å². The van der Waals surface area contributed by atoms with Crippen LogP contribution in [0.2, 0.25) is 10.0 Å². The van der Waals surface area contributed by atoms with Gasteiger partial charge in [-0.05, 0) is 31.5 Å². The Morgan fingerprint density at radius 3 is 2.48 bits per heavy atom. The van der Waals surface area contributed by atoms with Crippen molar-refractivity contribution in [2.75, 3.05) is 18.5 Å². The molecule has 1 aromatic carbocycles. The number of hydrogen-bond donors (Lipinski definition) is 1. The number of esters is 1. The Morgan fingerprint density at radius 1 is 1.20 bits per heavy atom. The van der Waals surface area contributed by atoms with Gasteiger partial charge in [0.25, 0.3) is 5.91 Å². The summed E-state index contributed by atoms with van der Waals surface area (Å²) in [4.78, 5) is 25.1. The molecule has 25 heavy (non-hydrogen) atoms. The minimum Gasteiger partial charge on any atom is -0.481 e. The van der Waals surface area contributed by atoms with Crippen LogP contribution in [0.15, 0.2) is 24.3 Å². The lowest BCUT2D eigenvalue weighted by molar-refractivity contribution is -0.118. The Kier molecular flexibility index (Phi) is 7.11. The van der Waals surface area contributed by atoms with Crippen LogP contribution in [0.3, 0.4) is 0 Å². The summed E-state index contributed by atoms with van der Waals surface area (Å²) in [5.74, 6) is -0.651. The van der Waals surface area contributed by atoms with Crippen molar-refractivity contribution in [3.8, 4) is 5.75 Å². The van der Waals surface area contributed by atoms with E-state index < -0.39 is 11.9 Å². The largest absolute Gasteiger partial charge is 0.481 e. The molecule has 1 heterocycles. The number of hydrogen-bond acceptors (Lipinski definition) is 5. The summed E-state index contributed by atoms with van der Waals surface area (Å²) in [5, 5.41) is 3.75. The van der Waals surface area contributed by atoms with Crippen molar-refractivity contribution in [2.45, 2.75) is 20.3 Å². The van der Waals surface area contributed by atoms with E-state index in [4.69, 9.17) is 32.7 Å². The highest BCUT2D eigenvalue weighted by Crippen LogP contribution is 2.33. The predicted molar refractivity (Wildman–Crippen MR) is 100 cm³/mol. The number of para-hydroxylation sites is 1. The Bertz CT molecular complexity index is 756. The Labute approximate surface area is 159 Å². The molecule has 0 unspecified atom stereocenters. The molecule has 0 aliphatic carbocycles. The first-order valence-corrected chi connectivity index (χ1v) is 9.20. The maximum absolute atomic E-state index is 12.2. The number of halogens is 2. The number of thiophene rings is 1. The fourth-order valence-corrected chi connectivity index (χ4v) is 3.50. The van der Waals surface area contributed by atoms with Gasteiger partial charge in [-0.3, -0.25) is 4.79 Å². The second-order valence-electron chi connectivity index (χ2n) is 4.92. The number of carbonyl (C=O) groups excluding carboxylic acids is 2. The van der Waals surface area contributed by atoms with Gasteiger partial charge in [-0.1, -0.05) is 36.2 Å². The minimum absolute atomic E-state index is 0.243. The molecule has 0 atom stereocenters. The molecule has 2 rings (SSSR count). The van der Waals surface area contributed by atoms with Crippen LogP contribution < -0.4 is 10.1 Å². The average molecular weight is 402 g/mol. The summed E-state index contributed by atoms with van der Waals surface area (Å²) in [6.45, 7) is 3.67. The second kappa shape index (κ2) is 9.08. The van der Waals surface area contributed by atoms with Crippen LogP contribution in [-0.4, -0.2) is 25.1 Å². The number of rotatable bonds is 7. The predicted octanol–water partition coefficient (Wildman–Crippen LogP) is 4.81. The van der Waals surface area contributed by atoms with Crippen LogP contribution in [-0.2, 0) is 16.0 Å². The van der Waals surface area contributed by atoms with Crippen molar-refractivity contribution in [3.05, 3.63) is 44.8 Å². The fourth-order valence-electron chi connectivity index (χ4n) is 1.99. The van der Waals surface area contributed by atoms with Gasteiger partial charge < -0.3 is 14.8 Å². The molecule has 1 N–H and O–H groups in total. The molecule has 0 radical (unpaired) electrons. The molecule has 0 spiro atoms. The van der Waals surface area contributed by atoms with E-state index in [0.29, 0.717) is 20.6 Å². The maximum atomic E-state index is 12.2. The number of carbonyl (C=O) groups is 2. The first-order valence-electron chi connectivity index (χ1n) is 7.62.